The molecule has 2 aromatic rings. The van der Waals surface area contributed by atoms with Gasteiger partial charge in [0.05, 0.1) is 24.3 Å². The zero-order chi connectivity index (χ0) is 24.8. The van der Waals surface area contributed by atoms with Crippen LogP contribution in [0.3, 0.4) is 0 Å². The Hall–Kier alpha value is -3.19. The zero-order valence-electron chi connectivity index (χ0n) is 20.6. The van der Waals surface area contributed by atoms with Crippen molar-refractivity contribution in [3.63, 3.8) is 0 Å². The highest BCUT2D eigenvalue weighted by Crippen LogP contribution is 2.42. The lowest BCUT2D eigenvalue weighted by Gasteiger charge is -2.27. The number of amides is 2. The number of methoxy groups -OCH3 is 1. The number of anilines is 1. The summed E-state index contributed by atoms with van der Waals surface area (Å²) in [5.74, 6) is 1.07. The molecule has 2 aromatic carbocycles. The van der Waals surface area contributed by atoms with E-state index in [-0.39, 0.29) is 11.8 Å². The number of carbonyl (C=O) groups excluding carboxylic acids is 2. The maximum absolute atomic E-state index is 13.1. The van der Waals surface area contributed by atoms with Gasteiger partial charge in [0.1, 0.15) is 0 Å². The van der Waals surface area contributed by atoms with E-state index in [1.165, 1.54) is 30.2 Å². The monoisotopic (exact) mass is 492 g/mol. The van der Waals surface area contributed by atoms with Gasteiger partial charge in [0.25, 0.3) is 11.8 Å². The largest absolute Gasteiger partial charge is 0.493 e. The number of carbonyl (C=O) groups is 2. The second kappa shape index (κ2) is 11.5. The number of thioether (sulfide) groups is 1. The fourth-order valence-corrected chi connectivity index (χ4v) is 5.40. The van der Waals surface area contributed by atoms with Crippen molar-refractivity contribution in [3.05, 3.63) is 64.1 Å². The summed E-state index contributed by atoms with van der Waals surface area (Å²) in [6.07, 6.45) is 9.85. The van der Waals surface area contributed by atoms with E-state index < -0.39 is 0 Å². The fraction of sp³-hybridized carbons (Fsp3) is 0.357. The molecule has 35 heavy (non-hydrogen) atoms. The molecule has 0 saturated carbocycles. The summed E-state index contributed by atoms with van der Waals surface area (Å²) in [6, 6.07) is 11.1. The highest BCUT2D eigenvalue weighted by atomic mass is 32.2. The van der Waals surface area contributed by atoms with E-state index in [0.29, 0.717) is 35.1 Å². The summed E-state index contributed by atoms with van der Waals surface area (Å²) in [6.45, 7) is 3.10. The molecule has 4 rings (SSSR count). The van der Waals surface area contributed by atoms with Crippen LogP contribution in [-0.4, -0.2) is 39.1 Å². The number of hydrogen-bond donors (Lipinski definition) is 1. The quantitative estimate of drug-likeness (QED) is 0.371. The minimum absolute atomic E-state index is 0.113. The minimum Gasteiger partial charge on any atom is -0.493 e. The lowest BCUT2D eigenvalue weighted by Crippen LogP contribution is -2.31. The number of likely N-dealkylation sites (N-methyl/N-ethyl adjacent to an activating group) is 1. The highest BCUT2D eigenvalue weighted by molar-refractivity contribution is 8.04. The molecule has 1 aliphatic carbocycles. The minimum atomic E-state index is -0.114. The molecule has 0 saturated heterocycles. The third-order valence-electron chi connectivity index (χ3n) is 6.22. The Morgan fingerprint density at radius 2 is 2.03 bits per heavy atom. The molecule has 6 nitrogen and oxygen atoms in total. The second-order valence-corrected chi connectivity index (χ2v) is 9.70. The molecule has 2 aliphatic rings. The predicted octanol–water partition coefficient (Wildman–Crippen LogP) is 5.82. The molecule has 1 heterocycles. The zero-order valence-corrected chi connectivity index (χ0v) is 21.4. The molecule has 0 spiro atoms. The first kappa shape index (κ1) is 24.9. The Morgan fingerprint density at radius 1 is 1.17 bits per heavy atom. The molecule has 7 heteroatoms. The van der Waals surface area contributed by atoms with Crippen molar-refractivity contribution in [1.29, 1.82) is 0 Å². The molecule has 184 valence electrons. The number of nitrogens with one attached hydrogen (secondary N) is 1. The SMILES string of the molecule is CCOc1ccc(/C=C2/Sc3ccc(C(=O)NCCC4=CCCCC4)cc3N(C)C2=O)cc1OC. The van der Waals surface area contributed by atoms with Crippen LogP contribution in [0.25, 0.3) is 6.08 Å². The van der Waals surface area contributed by atoms with Crippen LogP contribution in [0.1, 0.15) is 54.9 Å². The number of allylic oxidation sites excluding steroid dienone is 1. The lowest BCUT2D eigenvalue weighted by molar-refractivity contribution is -0.114. The molecular formula is C28H32N2O4S. The number of fused-ring (bicyclic) bond motifs is 1. The Morgan fingerprint density at radius 3 is 2.77 bits per heavy atom. The summed E-state index contributed by atoms with van der Waals surface area (Å²) >= 11 is 1.41. The van der Waals surface area contributed by atoms with Gasteiger partial charge in [-0.05, 0) is 81.0 Å². The predicted molar refractivity (Wildman–Crippen MR) is 141 cm³/mol. The van der Waals surface area contributed by atoms with Crippen molar-refractivity contribution in [1.82, 2.24) is 5.32 Å². The van der Waals surface area contributed by atoms with E-state index in [0.717, 1.165) is 35.4 Å². The number of rotatable bonds is 8. The molecular weight excluding hydrogens is 460 g/mol. The van der Waals surface area contributed by atoms with Crippen LogP contribution < -0.4 is 19.7 Å². The first-order valence-corrected chi connectivity index (χ1v) is 12.9. The van der Waals surface area contributed by atoms with Crippen LogP contribution in [0.2, 0.25) is 0 Å². The smallest absolute Gasteiger partial charge is 0.264 e. The van der Waals surface area contributed by atoms with E-state index in [1.807, 2.05) is 43.3 Å². The van der Waals surface area contributed by atoms with Gasteiger partial charge in [-0.2, -0.15) is 0 Å². The van der Waals surface area contributed by atoms with Crippen molar-refractivity contribution in [3.8, 4) is 11.5 Å². The number of benzene rings is 2. The first-order valence-electron chi connectivity index (χ1n) is 12.1. The first-order chi connectivity index (χ1) is 17.0. The van der Waals surface area contributed by atoms with Crippen molar-refractivity contribution in [2.24, 2.45) is 0 Å². The van der Waals surface area contributed by atoms with Gasteiger partial charge in [0.2, 0.25) is 0 Å². The van der Waals surface area contributed by atoms with Gasteiger partial charge in [-0.15, -0.1) is 0 Å². The third kappa shape index (κ3) is 5.90. The molecule has 0 bridgehead atoms. The van der Waals surface area contributed by atoms with Crippen molar-refractivity contribution >= 4 is 35.3 Å². The average molecular weight is 493 g/mol. The second-order valence-electron chi connectivity index (χ2n) is 8.61. The van der Waals surface area contributed by atoms with Crippen LogP contribution in [0.15, 0.2) is 57.8 Å². The molecule has 0 unspecified atom stereocenters. The van der Waals surface area contributed by atoms with E-state index in [9.17, 15) is 9.59 Å². The molecule has 0 aromatic heterocycles. The summed E-state index contributed by atoms with van der Waals surface area (Å²) < 4.78 is 11.0. The van der Waals surface area contributed by atoms with Crippen molar-refractivity contribution < 1.29 is 19.1 Å². The van der Waals surface area contributed by atoms with Crippen LogP contribution in [0, 0.1) is 0 Å². The van der Waals surface area contributed by atoms with E-state index in [1.54, 1.807) is 25.1 Å². The molecule has 0 fully saturated rings. The number of nitrogens with zero attached hydrogens (tertiary/aromatic N) is 1. The summed E-state index contributed by atoms with van der Waals surface area (Å²) in [7, 11) is 3.34. The van der Waals surface area contributed by atoms with Crippen LogP contribution in [-0.2, 0) is 4.79 Å². The molecule has 0 radical (unpaired) electrons. The van der Waals surface area contributed by atoms with Gasteiger partial charge >= 0.3 is 0 Å². The van der Waals surface area contributed by atoms with E-state index in [4.69, 9.17) is 9.47 Å². The van der Waals surface area contributed by atoms with Crippen molar-refractivity contribution in [2.75, 3.05) is 32.2 Å². The van der Waals surface area contributed by atoms with Gasteiger partial charge < -0.3 is 19.7 Å². The summed E-state index contributed by atoms with van der Waals surface area (Å²) in [5, 5.41) is 3.02. The van der Waals surface area contributed by atoms with E-state index in [2.05, 4.69) is 11.4 Å². The van der Waals surface area contributed by atoms with Gasteiger partial charge in [-0.1, -0.05) is 29.5 Å². The van der Waals surface area contributed by atoms with Gasteiger partial charge in [-0.3, -0.25) is 9.59 Å². The summed E-state index contributed by atoms with van der Waals surface area (Å²) in [4.78, 5) is 29.0. The Kier molecular flexibility index (Phi) is 8.18. The Balaban J connectivity index is 1.47. The van der Waals surface area contributed by atoms with Crippen LogP contribution >= 0.6 is 11.8 Å². The maximum atomic E-state index is 13.1. The van der Waals surface area contributed by atoms with Crippen molar-refractivity contribution in [2.45, 2.75) is 43.9 Å². The normalized spacial score (nSPS) is 16.5. The van der Waals surface area contributed by atoms with Gasteiger partial charge in [-0.25, -0.2) is 0 Å². The van der Waals surface area contributed by atoms with Crippen LogP contribution in [0.5, 0.6) is 11.5 Å². The van der Waals surface area contributed by atoms with Gasteiger partial charge in [0, 0.05) is 24.1 Å². The van der Waals surface area contributed by atoms with Crippen LogP contribution in [0.4, 0.5) is 5.69 Å². The fourth-order valence-electron chi connectivity index (χ4n) is 4.31. The molecule has 0 atom stereocenters. The third-order valence-corrected chi connectivity index (χ3v) is 7.30. The summed E-state index contributed by atoms with van der Waals surface area (Å²) in [5.41, 5.74) is 3.59. The molecule has 1 N–H and O–H groups in total. The van der Waals surface area contributed by atoms with Gasteiger partial charge in [0.15, 0.2) is 11.5 Å². The molecule has 1 aliphatic heterocycles. The highest BCUT2D eigenvalue weighted by Gasteiger charge is 2.27. The lowest BCUT2D eigenvalue weighted by atomic mass is 9.97. The number of hydrogen-bond acceptors (Lipinski definition) is 5. The average Bonchev–Trinajstić information content (AvgIpc) is 2.88. The topological polar surface area (TPSA) is 67.9 Å². The maximum Gasteiger partial charge on any atom is 0.264 e. The standard InChI is InChI=1S/C28H32N2O4S/c1-4-34-23-12-10-20(16-24(23)33-3)17-26-28(32)30(2)22-18-21(11-13-25(22)35-26)27(31)29-15-14-19-8-6-5-7-9-19/h8,10-13,16-18H,4-7,9,14-15H2,1-3H3,(H,29,31)/b26-17+. The Labute approximate surface area is 211 Å². The molecule has 2 amide bonds. The number of ether oxygens (including phenoxy) is 2. The van der Waals surface area contributed by atoms with E-state index >= 15 is 0 Å². The Bertz CT molecular complexity index is 1170.